The van der Waals surface area contributed by atoms with E-state index in [2.05, 4.69) is 10.2 Å². The lowest BCUT2D eigenvalue weighted by Gasteiger charge is -2.30. The van der Waals surface area contributed by atoms with Crippen LogP contribution in [0.15, 0.2) is 77.7 Å². The van der Waals surface area contributed by atoms with Crippen LogP contribution in [0.2, 0.25) is 5.02 Å². The number of ether oxygens (including phenoxy) is 1. The van der Waals surface area contributed by atoms with Gasteiger partial charge in [0.05, 0.1) is 5.69 Å². The number of hydrogen-bond donors (Lipinski definition) is 0. The summed E-state index contributed by atoms with van der Waals surface area (Å²) in [6.07, 6.45) is 0. The summed E-state index contributed by atoms with van der Waals surface area (Å²) in [5.74, 6) is 0.932. The molecule has 0 saturated heterocycles. The van der Waals surface area contributed by atoms with Gasteiger partial charge in [0.1, 0.15) is 17.3 Å². The van der Waals surface area contributed by atoms with E-state index in [0.717, 1.165) is 15.2 Å². The molecule has 7 nitrogen and oxygen atoms in total. The zero-order valence-corrected chi connectivity index (χ0v) is 18.0. The third kappa shape index (κ3) is 3.24. The summed E-state index contributed by atoms with van der Waals surface area (Å²) < 4.78 is 33.8. The van der Waals surface area contributed by atoms with Crippen molar-refractivity contribution in [2.75, 3.05) is 4.90 Å². The Morgan fingerprint density at radius 2 is 1.71 bits per heavy atom. The molecule has 0 aliphatic carbocycles. The van der Waals surface area contributed by atoms with Gasteiger partial charge in [-0.05, 0) is 55.0 Å². The molecule has 0 amide bonds. The Hall–Kier alpha value is -3.36. The van der Waals surface area contributed by atoms with Gasteiger partial charge >= 0.3 is 0 Å². The lowest BCUT2D eigenvalue weighted by Crippen LogP contribution is -2.29. The number of rotatable bonds is 4. The topological polar surface area (TPSA) is 77.3 Å². The molecule has 1 aromatic heterocycles. The first-order valence-electron chi connectivity index (χ1n) is 9.50. The molecule has 0 fully saturated rings. The third-order valence-electron chi connectivity index (χ3n) is 5.01. The van der Waals surface area contributed by atoms with Crippen LogP contribution in [0.25, 0.3) is 0 Å². The maximum atomic E-state index is 13.4. The lowest BCUT2D eigenvalue weighted by molar-refractivity contribution is 0.294. The molecule has 1 aliphatic heterocycles. The van der Waals surface area contributed by atoms with Gasteiger partial charge in [-0.25, -0.2) is 8.42 Å². The summed E-state index contributed by atoms with van der Waals surface area (Å²) in [6.45, 7) is 1.80. The third-order valence-corrected chi connectivity index (χ3v) is 7.19. The molecule has 4 aromatic rings. The van der Waals surface area contributed by atoms with E-state index in [9.17, 15) is 8.42 Å². The number of anilines is 3. The molecule has 0 N–H and O–H groups in total. The van der Waals surface area contributed by atoms with Crippen molar-refractivity contribution in [2.24, 2.45) is 0 Å². The van der Waals surface area contributed by atoms with E-state index in [4.69, 9.17) is 16.3 Å². The predicted octanol–water partition coefficient (Wildman–Crippen LogP) is 4.84. The smallest absolute Gasteiger partial charge is 0.274 e. The van der Waals surface area contributed by atoms with Crippen molar-refractivity contribution in [1.82, 2.24) is 14.2 Å². The van der Waals surface area contributed by atoms with Crippen molar-refractivity contribution in [3.63, 3.8) is 0 Å². The van der Waals surface area contributed by atoms with Crippen LogP contribution in [0.5, 0.6) is 5.75 Å². The summed E-state index contributed by atoms with van der Waals surface area (Å²) in [7, 11) is -3.90. The highest BCUT2D eigenvalue weighted by molar-refractivity contribution is 7.90. The number of aromatic nitrogens is 3. The van der Waals surface area contributed by atoms with E-state index in [-0.39, 0.29) is 23.3 Å². The predicted molar refractivity (Wildman–Crippen MR) is 118 cm³/mol. The molecule has 31 heavy (non-hydrogen) atoms. The van der Waals surface area contributed by atoms with E-state index in [1.165, 1.54) is 0 Å². The van der Waals surface area contributed by atoms with E-state index in [1.54, 1.807) is 47.4 Å². The van der Waals surface area contributed by atoms with Crippen molar-refractivity contribution >= 4 is 38.9 Å². The highest BCUT2D eigenvalue weighted by atomic mass is 35.5. The quantitative estimate of drug-likeness (QED) is 0.388. The van der Waals surface area contributed by atoms with Gasteiger partial charge in [-0.15, -0.1) is 10.2 Å². The summed E-state index contributed by atoms with van der Waals surface area (Å²) in [5, 5.41) is 8.99. The maximum absolute atomic E-state index is 13.4. The zero-order valence-electron chi connectivity index (χ0n) is 16.4. The van der Waals surface area contributed by atoms with Gasteiger partial charge in [0.25, 0.3) is 16.0 Å². The van der Waals surface area contributed by atoms with Crippen molar-refractivity contribution < 1.29 is 13.2 Å². The SMILES string of the molecule is Cc1cc(OCc2nnc3n2S(=O)(=O)c2ccccc2N3c2ccccc2)ccc1Cl. The monoisotopic (exact) mass is 452 g/mol. The maximum Gasteiger partial charge on any atom is 0.274 e. The van der Waals surface area contributed by atoms with Gasteiger partial charge in [-0.3, -0.25) is 4.90 Å². The number of nitrogens with zero attached hydrogens (tertiary/aromatic N) is 4. The average molecular weight is 453 g/mol. The van der Waals surface area contributed by atoms with Crippen LogP contribution < -0.4 is 9.64 Å². The minimum absolute atomic E-state index is 0.0713. The van der Waals surface area contributed by atoms with Crippen LogP contribution >= 0.6 is 11.6 Å². The van der Waals surface area contributed by atoms with Crippen LogP contribution in [0.4, 0.5) is 17.3 Å². The van der Waals surface area contributed by atoms with Gasteiger partial charge in [0.15, 0.2) is 5.82 Å². The Bertz CT molecular complexity index is 1390. The molecule has 0 spiro atoms. The highest BCUT2D eigenvalue weighted by Crippen LogP contribution is 2.43. The Labute approximate surface area is 184 Å². The van der Waals surface area contributed by atoms with Crippen LogP contribution in [-0.4, -0.2) is 22.6 Å². The van der Waals surface area contributed by atoms with E-state index >= 15 is 0 Å². The number of halogens is 1. The molecule has 0 unspecified atom stereocenters. The van der Waals surface area contributed by atoms with E-state index in [1.807, 2.05) is 37.3 Å². The second kappa shape index (κ2) is 7.40. The second-order valence-corrected chi connectivity index (χ2v) is 9.19. The Balaban J connectivity index is 1.60. The van der Waals surface area contributed by atoms with Gasteiger partial charge in [0, 0.05) is 10.7 Å². The molecule has 3 aromatic carbocycles. The first kappa shape index (κ1) is 19.6. The van der Waals surface area contributed by atoms with Gasteiger partial charge in [-0.2, -0.15) is 3.97 Å². The molecular formula is C22H17ClN4O3S. The van der Waals surface area contributed by atoms with E-state index < -0.39 is 10.0 Å². The first-order valence-corrected chi connectivity index (χ1v) is 11.3. The Morgan fingerprint density at radius 1 is 0.968 bits per heavy atom. The zero-order chi connectivity index (χ0) is 21.6. The highest BCUT2D eigenvalue weighted by Gasteiger charge is 2.38. The fourth-order valence-corrected chi connectivity index (χ4v) is 5.21. The molecule has 1 aliphatic rings. The van der Waals surface area contributed by atoms with Gasteiger partial charge in [-0.1, -0.05) is 41.9 Å². The second-order valence-electron chi connectivity index (χ2n) is 7.02. The Morgan fingerprint density at radius 3 is 2.48 bits per heavy atom. The first-order chi connectivity index (χ1) is 15.0. The molecule has 0 atom stereocenters. The van der Waals surface area contributed by atoms with Crippen molar-refractivity contribution in [3.05, 3.63) is 89.2 Å². The fourth-order valence-electron chi connectivity index (χ4n) is 3.52. The summed E-state index contributed by atoms with van der Waals surface area (Å²) in [5.41, 5.74) is 2.16. The van der Waals surface area contributed by atoms with Crippen LogP contribution in [0.1, 0.15) is 11.4 Å². The number of benzene rings is 3. The number of hydrogen-bond acceptors (Lipinski definition) is 6. The summed E-state index contributed by atoms with van der Waals surface area (Å²) in [6, 6.07) is 21.5. The largest absolute Gasteiger partial charge is 0.486 e. The van der Waals surface area contributed by atoms with Crippen LogP contribution in [-0.2, 0) is 16.6 Å². The van der Waals surface area contributed by atoms with Gasteiger partial charge < -0.3 is 4.74 Å². The van der Waals surface area contributed by atoms with Crippen molar-refractivity contribution in [1.29, 1.82) is 0 Å². The standard InChI is InChI=1S/C22H17ClN4O3S/c1-15-13-17(11-12-18(15)23)30-14-21-24-25-22-26(16-7-3-2-4-8-16)19-9-5-6-10-20(19)31(28,29)27(21)22/h2-13H,14H2,1H3. The molecule has 2 heterocycles. The molecule has 9 heteroatoms. The molecule has 5 rings (SSSR count). The molecule has 0 bridgehead atoms. The minimum Gasteiger partial charge on any atom is -0.486 e. The van der Waals surface area contributed by atoms with Crippen molar-refractivity contribution in [3.8, 4) is 5.75 Å². The number of fused-ring (bicyclic) bond motifs is 2. The number of para-hydroxylation sites is 2. The molecule has 0 saturated carbocycles. The van der Waals surface area contributed by atoms with Crippen molar-refractivity contribution in [2.45, 2.75) is 18.4 Å². The Kier molecular flexibility index (Phi) is 4.68. The van der Waals surface area contributed by atoms with E-state index in [0.29, 0.717) is 16.5 Å². The number of aryl methyl sites for hydroxylation is 1. The molecule has 156 valence electrons. The summed E-state index contributed by atoms with van der Waals surface area (Å²) >= 11 is 6.07. The fraction of sp³-hybridized carbons (Fsp3) is 0.0909. The van der Waals surface area contributed by atoms with Crippen LogP contribution in [0.3, 0.4) is 0 Å². The molecular weight excluding hydrogens is 436 g/mol. The molecule has 0 radical (unpaired) electrons. The lowest BCUT2D eigenvalue weighted by atomic mass is 10.2. The average Bonchev–Trinajstić information content (AvgIpc) is 3.20. The normalized spacial score (nSPS) is 14.1. The van der Waals surface area contributed by atoms with Crippen LogP contribution in [0, 0.1) is 6.92 Å². The van der Waals surface area contributed by atoms with Gasteiger partial charge in [0.2, 0.25) is 0 Å². The summed E-state index contributed by atoms with van der Waals surface area (Å²) in [4.78, 5) is 1.95. The minimum atomic E-state index is -3.90.